The number of thiophene rings is 1. The van der Waals surface area contributed by atoms with Crippen LogP contribution in [-0.2, 0) is 16.2 Å². The zero-order valence-corrected chi connectivity index (χ0v) is 32.1. The van der Waals surface area contributed by atoms with Crippen LogP contribution in [0.1, 0.15) is 74.9 Å². The van der Waals surface area contributed by atoms with Crippen molar-refractivity contribution < 1.29 is 0 Å². The molecule has 258 valence electrons. The van der Waals surface area contributed by atoms with Crippen molar-refractivity contribution in [1.82, 2.24) is 0 Å². The highest BCUT2D eigenvalue weighted by atomic mass is 32.1. The number of fused-ring (bicyclic) bond motifs is 13. The van der Waals surface area contributed by atoms with Crippen molar-refractivity contribution in [2.75, 3.05) is 5.32 Å². The molecule has 2 aliphatic carbocycles. The van der Waals surface area contributed by atoms with E-state index < -0.39 is 5.41 Å². The van der Waals surface area contributed by atoms with E-state index in [-0.39, 0.29) is 10.8 Å². The fourth-order valence-electron chi connectivity index (χ4n) is 9.21. The summed E-state index contributed by atoms with van der Waals surface area (Å²) in [7, 11) is 0. The first-order valence-electron chi connectivity index (χ1n) is 18.9. The van der Waals surface area contributed by atoms with E-state index in [1.165, 1.54) is 86.9 Å². The van der Waals surface area contributed by atoms with Crippen molar-refractivity contribution in [3.05, 3.63) is 179 Å². The van der Waals surface area contributed by atoms with E-state index in [1.54, 1.807) is 0 Å². The number of nitrogens with one attached hydrogen (secondary N) is 1. The molecule has 8 aromatic rings. The predicted molar refractivity (Wildman–Crippen MR) is 228 cm³/mol. The predicted octanol–water partition coefficient (Wildman–Crippen LogP) is 14.4. The van der Waals surface area contributed by atoms with Gasteiger partial charge in [0.1, 0.15) is 0 Å². The van der Waals surface area contributed by atoms with Gasteiger partial charge in [-0.3, -0.25) is 0 Å². The molecular formula is C51H43NS. The first-order chi connectivity index (χ1) is 25.5. The Labute approximate surface area is 317 Å². The number of rotatable bonds is 3. The molecule has 2 heteroatoms. The second-order valence-electron chi connectivity index (χ2n) is 17.0. The molecule has 0 bridgehead atoms. The number of hydrogen-bond acceptors (Lipinski definition) is 2. The largest absolute Gasteiger partial charge is 0.354 e. The Kier molecular flexibility index (Phi) is 6.86. The third kappa shape index (κ3) is 4.61. The van der Waals surface area contributed by atoms with Crippen LogP contribution in [-0.4, -0.2) is 0 Å². The fraction of sp³-hybridized carbons (Fsp3) is 0.176. The van der Waals surface area contributed by atoms with Crippen LogP contribution in [0.3, 0.4) is 0 Å². The number of anilines is 2. The Hall–Kier alpha value is -5.44. The van der Waals surface area contributed by atoms with Crippen LogP contribution in [0.15, 0.2) is 146 Å². The molecule has 0 fully saturated rings. The van der Waals surface area contributed by atoms with Gasteiger partial charge >= 0.3 is 0 Å². The van der Waals surface area contributed by atoms with Crippen LogP contribution in [0.4, 0.5) is 11.4 Å². The lowest BCUT2D eigenvalue weighted by Gasteiger charge is -2.33. The van der Waals surface area contributed by atoms with Crippen molar-refractivity contribution in [3.63, 3.8) is 0 Å². The van der Waals surface area contributed by atoms with Gasteiger partial charge in [0, 0.05) is 37.1 Å². The minimum absolute atomic E-state index is 0.0221. The summed E-state index contributed by atoms with van der Waals surface area (Å²) in [4.78, 5) is 0. The van der Waals surface area contributed by atoms with Crippen LogP contribution in [0.2, 0.25) is 0 Å². The van der Waals surface area contributed by atoms with Gasteiger partial charge in [0.25, 0.3) is 0 Å². The Morgan fingerprint density at radius 2 is 1.06 bits per heavy atom. The van der Waals surface area contributed by atoms with Gasteiger partial charge in [-0.1, -0.05) is 169 Å². The summed E-state index contributed by atoms with van der Waals surface area (Å²) in [6.07, 6.45) is 0. The second-order valence-corrected chi connectivity index (χ2v) is 18.1. The van der Waals surface area contributed by atoms with Gasteiger partial charge in [0.15, 0.2) is 0 Å². The maximum atomic E-state index is 4.06. The molecule has 1 heterocycles. The number of benzene rings is 7. The Balaban J connectivity index is 1.23. The summed E-state index contributed by atoms with van der Waals surface area (Å²) in [5.41, 5.74) is 18.0. The zero-order valence-electron chi connectivity index (χ0n) is 31.3. The third-order valence-corrected chi connectivity index (χ3v) is 13.0. The SMILES string of the molecule is CC(C)(C)c1ccc2c(c1)C1(c3cc(C(C)(C)C)ccc3-2)c2ccccc2-c2c(Nc3cccc4sc5c(-c6ccccc6)cccc5c34)cccc21. The highest BCUT2D eigenvalue weighted by molar-refractivity contribution is 7.26. The summed E-state index contributed by atoms with van der Waals surface area (Å²) in [5.74, 6) is 0. The van der Waals surface area contributed by atoms with E-state index in [0.29, 0.717) is 0 Å². The van der Waals surface area contributed by atoms with Gasteiger partial charge in [-0.2, -0.15) is 0 Å². The Morgan fingerprint density at radius 3 is 1.75 bits per heavy atom. The van der Waals surface area contributed by atoms with Crippen LogP contribution < -0.4 is 5.32 Å². The summed E-state index contributed by atoms with van der Waals surface area (Å²) >= 11 is 1.89. The maximum Gasteiger partial charge on any atom is 0.0726 e. The molecule has 0 amide bonds. The first-order valence-corrected chi connectivity index (χ1v) is 19.7. The minimum Gasteiger partial charge on any atom is -0.354 e. The molecular weight excluding hydrogens is 659 g/mol. The lowest BCUT2D eigenvalue weighted by atomic mass is 9.69. The Morgan fingerprint density at radius 1 is 0.472 bits per heavy atom. The molecule has 0 saturated carbocycles. The number of hydrogen-bond donors (Lipinski definition) is 1. The summed E-state index contributed by atoms with van der Waals surface area (Å²) in [6, 6.07) is 55.0. The maximum absolute atomic E-state index is 4.06. The molecule has 1 spiro atoms. The Bertz CT molecular complexity index is 2700. The van der Waals surface area contributed by atoms with Crippen molar-refractivity contribution >= 4 is 42.9 Å². The van der Waals surface area contributed by atoms with E-state index >= 15 is 0 Å². The summed E-state index contributed by atoms with van der Waals surface area (Å²) in [6.45, 7) is 14.0. The quantitative estimate of drug-likeness (QED) is 0.193. The molecule has 1 aromatic heterocycles. The van der Waals surface area contributed by atoms with E-state index in [4.69, 9.17) is 0 Å². The van der Waals surface area contributed by atoms with E-state index in [9.17, 15) is 0 Å². The monoisotopic (exact) mass is 701 g/mol. The van der Waals surface area contributed by atoms with Gasteiger partial charge in [-0.15, -0.1) is 11.3 Å². The summed E-state index contributed by atoms with van der Waals surface area (Å²) in [5, 5.41) is 6.63. The standard InChI is InChI=1S/C51H43NS/c1-49(2,3)32-25-27-35-36-28-26-33(50(4,5)6)30-42(36)51(41(35)29-32)39-20-11-10-17-37(39)46-40(51)21-13-22-43(46)52-44-23-14-24-45-47(44)38-19-12-18-34(48(38)53-45)31-15-8-7-9-16-31/h7-30,52H,1-6H3. The molecule has 0 unspecified atom stereocenters. The van der Waals surface area contributed by atoms with Gasteiger partial charge in [-0.25, -0.2) is 0 Å². The molecule has 0 radical (unpaired) electrons. The normalized spacial score (nSPS) is 14.0. The van der Waals surface area contributed by atoms with Crippen molar-refractivity contribution in [2.24, 2.45) is 0 Å². The molecule has 0 saturated heterocycles. The molecule has 53 heavy (non-hydrogen) atoms. The van der Waals surface area contributed by atoms with E-state index in [2.05, 4.69) is 192 Å². The minimum atomic E-state index is -0.428. The highest BCUT2D eigenvalue weighted by Gasteiger charge is 2.52. The summed E-state index contributed by atoms with van der Waals surface area (Å²) < 4.78 is 2.62. The van der Waals surface area contributed by atoms with Gasteiger partial charge < -0.3 is 5.32 Å². The molecule has 2 aliphatic rings. The van der Waals surface area contributed by atoms with Gasteiger partial charge in [0.05, 0.1) is 5.41 Å². The fourth-order valence-corrected chi connectivity index (χ4v) is 10.5. The van der Waals surface area contributed by atoms with Crippen LogP contribution in [0.25, 0.3) is 53.6 Å². The van der Waals surface area contributed by atoms with Gasteiger partial charge in [0.2, 0.25) is 0 Å². The second kappa shape index (κ2) is 11.3. The van der Waals surface area contributed by atoms with Crippen LogP contribution in [0.5, 0.6) is 0 Å². The molecule has 1 nitrogen and oxygen atoms in total. The third-order valence-electron chi connectivity index (χ3n) is 11.8. The first kappa shape index (κ1) is 32.2. The average molecular weight is 702 g/mol. The smallest absolute Gasteiger partial charge is 0.0726 e. The molecule has 10 rings (SSSR count). The molecule has 7 aromatic carbocycles. The van der Waals surface area contributed by atoms with Gasteiger partial charge in [-0.05, 0) is 90.2 Å². The van der Waals surface area contributed by atoms with Crippen molar-refractivity contribution in [3.8, 4) is 33.4 Å². The van der Waals surface area contributed by atoms with Crippen LogP contribution >= 0.6 is 11.3 Å². The lowest BCUT2D eigenvalue weighted by molar-refractivity contribution is 0.586. The van der Waals surface area contributed by atoms with Crippen molar-refractivity contribution in [1.29, 1.82) is 0 Å². The molecule has 1 N–H and O–H groups in total. The van der Waals surface area contributed by atoms with Crippen LogP contribution in [0, 0.1) is 0 Å². The van der Waals surface area contributed by atoms with E-state index in [0.717, 1.165) is 11.4 Å². The highest BCUT2D eigenvalue weighted by Crippen LogP contribution is 2.64. The average Bonchev–Trinajstić information content (AvgIpc) is 3.79. The lowest BCUT2D eigenvalue weighted by Crippen LogP contribution is -2.27. The zero-order chi connectivity index (χ0) is 36.3. The van der Waals surface area contributed by atoms with E-state index in [1.807, 2.05) is 11.3 Å². The molecule has 0 atom stereocenters. The topological polar surface area (TPSA) is 12.0 Å². The molecule has 0 aliphatic heterocycles. The van der Waals surface area contributed by atoms with Crippen molar-refractivity contribution in [2.45, 2.75) is 57.8 Å².